The molecule has 144 valence electrons. The van der Waals surface area contributed by atoms with E-state index in [2.05, 4.69) is 36.7 Å². The monoisotopic (exact) mass is 367 g/mol. The molecule has 0 aromatic carbocycles. The van der Waals surface area contributed by atoms with Crippen LogP contribution in [0.25, 0.3) is 11.0 Å². The summed E-state index contributed by atoms with van der Waals surface area (Å²) in [7, 11) is 2.08. The van der Waals surface area contributed by atoms with Crippen LogP contribution in [0.1, 0.15) is 44.0 Å². The molecule has 0 bridgehead atoms. The lowest BCUT2D eigenvalue weighted by molar-refractivity contribution is -0.171. The first-order valence-electron chi connectivity index (χ1n) is 10.2. The molecule has 0 unspecified atom stereocenters. The Hall–Kier alpha value is -1.88. The summed E-state index contributed by atoms with van der Waals surface area (Å²) in [5.41, 5.74) is 3.26. The lowest BCUT2D eigenvalue weighted by Gasteiger charge is -2.60. The summed E-state index contributed by atoms with van der Waals surface area (Å²) >= 11 is 0. The molecule has 1 aliphatic heterocycles. The molecule has 2 saturated carbocycles. The second-order valence-electron chi connectivity index (χ2n) is 9.83. The van der Waals surface area contributed by atoms with E-state index in [4.69, 9.17) is 4.98 Å². The van der Waals surface area contributed by atoms with Crippen LogP contribution >= 0.6 is 0 Å². The Balaban J connectivity index is 1.14. The largest absolute Gasteiger partial charge is 0.390 e. The van der Waals surface area contributed by atoms with Crippen molar-refractivity contribution in [2.75, 3.05) is 13.1 Å². The van der Waals surface area contributed by atoms with Crippen LogP contribution in [-0.2, 0) is 18.3 Å². The molecule has 3 fully saturated rings. The van der Waals surface area contributed by atoms with Gasteiger partial charge in [-0.2, -0.15) is 0 Å². The van der Waals surface area contributed by atoms with Crippen LogP contribution in [0.5, 0.6) is 0 Å². The maximum absolute atomic E-state index is 12.5. The van der Waals surface area contributed by atoms with Crippen molar-refractivity contribution in [1.82, 2.24) is 14.5 Å². The lowest BCUT2D eigenvalue weighted by atomic mass is 9.56. The van der Waals surface area contributed by atoms with E-state index in [0.29, 0.717) is 24.2 Å². The van der Waals surface area contributed by atoms with Gasteiger partial charge < -0.3 is 14.6 Å². The van der Waals surface area contributed by atoms with Gasteiger partial charge in [0.1, 0.15) is 5.65 Å². The number of carbonyl (C=O) groups excluding carboxylic acids is 1. The number of amides is 1. The molecule has 1 N–H and O–H groups in total. The van der Waals surface area contributed by atoms with Gasteiger partial charge in [-0.1, -0.05) is 0 Å². The molecule has 3 heterocycles. The van der Waals surface area contributed by atoms with Crippen molar-refractivity contribution in [3.8, 4) is 0 Å². The number of carbonyl (C=O) groups is 1. The van der Waals surface area contributed by atoms with Gasteiger partial charge in [0.25, 0.3) is 0 Å². The summed E-state index contributed by atoms with van der Waals surface area (Å²) in [6, 6.07) is 6.55. The fourth-order valence-electron chi connectivity index (χ4n) is 5.70. The van der Waals surface area contributed by atoms with Crippen LogP contribution < -0.4 is 0 Å². The zero-order valence-electron chi connectivity index (χ0n) is 16.5. The highest BCUT2D eigenvalue weighted by Crippen LogP contribution is 2.53. The van der Waals surface area contributed by atoms with Gasteiger partial charge in [0.05, 0.1) is 5.60 Å². The molecule has 1 saturated heterocycles. The molecule has 27 heavy (non-hydrogen) atoms. The zero-order valence-corrected chi connectivity index (χ0v) is 16.5. The van der Waals surface area contributed by atoms with Crippen molar-refractivity contribution in [1.29, 1.82) is 0 Å². The summed E-state index contributed by atoms with van der Waals surface area (Å²) in [4.78, 5) is 19.4. The molecule has 5 rings (SSSR count). The van der Waals surface area contributed by atoms with E-state index in [0.717, 1.165) is 25.2 Å². The molecule has 5 nitrogen and oxygen atoms in total. The fourth-order valence-corrected chi connectivity index (χ4v) is 5.70. The SMILES string of the molecule is Cc1cc2ccc(CC3CC4(C3)CN(C(=O)C3CC(C)(O)C3)C4)nc2n1C. The van der Waals surface area contributed by atoms with Gasteiger partial charge in [0.2, 0.25) is 5.91 Å². The van der Waals surface area contributed by atoms with Crippen molar-refractivity contribution in [3.05, 3.63) is 29.6 Å². The summed E-state index contributed by atoms with van der Waals surface area (Å²) in [5, 5.41) is 11.1. The predicted molar refractivity (Wildman–Crippen MR) is 104 cm³/mol. The summed E-state index contributed by atoms with van der Waals surface area (Å²) in [6.07, 6.45) is 4.73. The van der Waals surface area contributed by atoms with Gasteiger partial charge >= 0.3 is 0 Å². The Kier molecular flexibility index (Phi) is 3.55. The highest BCUT2D eigenvalue weighted by Gasteiger charge is 2.55. The van der Waals surface area contributed by atoms with Gasteiger partial charge in [0, 0.05) is 48.2 Å². The highest BCUT2D eigenvalue weighted by molar-refractivity contribution is 5.81. The summed E-state index contributed by atoms with van der Waals surface area (Å²) < 4.78 is 2.16. The standard InChI is InChI=1S/C22H29N3O2/c1-14-6-16-4-5-18(23-19(16)24(14)3)7-15-8-22(9-15)12-25(13-22)20(26)17-10-21(2,27)11-17/h4-6,15,17,27H,7-13H2,1-3H3. The molecule has 2 aliphatic carbocycles. The molecule has 2 aromatic heterocycles. The average Bonchev–Trinajstić information content (AvgIpc) is 2.80. The van der Waals surface area contributed by atoms with Crippen LogP contribution in [0.15, 0.2) is 18.2 Å². The van der Waals surface area contributed by atoms with Gasteiger partial charge in [-0.25, -0.2) is 4.98 Å². The second-order valence-corrected chi connectivity index (χ2v) is 9.83. The smallest absolute Gasteiger partial charge is 0.225 e. The first-order chi connectivity index (χ1) is 12.7. The quantitative estimate of drug-likeness (QED) is 0.908. The maximum atomic E-state index is 12.5. The van der Waals surface area contributed by atoms with Crippen molar-refractivity contribution in [2.45, 2.75) is 51.6 Å². The van der Waals surface area contributed by atoms with Gasteiger partial charge in [-0.15, -0.1) is 0 Å². The molecule has 3 aliphatic rings. The second kappa shape index (κ2) is 5.57. The first kappa shape index (κ1) is 17.2. The maximum Gasteiger partial charge on any atom is 0.225 e. The van der Waals surface area contributed by atoms with Gasteiger partial charge in [0.15, 0.2) is 0 Å². The summed E-state index contributed by atoms with van der Waals surface area (Å²) in [6.45, 7) is 5.78. The Morgan fingerprint density at radius 3 is 2.63 bits per heavy atom. The molecule has 5 heteroatoms. The number of fused-ring (bicyclic) bond motifs is 1. The van der Waals surface area contributed by atoms with Crippen molar-refractivity contribution >= 4 is 16.9 Å². The third kappa shape index (κ3) is 2.78. The number of pyridine rings is 1. The van der Waals surface area contributed by atoms with E-state index < -0.39 is 5.60 Å². The van der Waals surface area contributed by atoms with E-state index in [9.17, 15) is 9.90 Å². The van der Waals surface area contributed by atoms with Crippen LogP contribution in [0.3, 0.4) is 0 Å². The minimum atomic E-state index is -0.616. The summed E-state index contributed by atoms with van der Waals surface area (Å²) in [5.74, 6) is 1.01. The van der Waals surface area contributed by atoms with Crippen LogP contribution in [0.4, 0.5) is 0 Å². The third-order valence-corrected chi connectivity index (χ3v) is 7.20. The Bertz CT molecular complexity index is 907. The highest BCUT2D eigenvalue weighted by atomic mass is 16.3. The van der Waals surface area contributed by atoms with E-state index in [1.807, 2.05) is 11.8 Å². The molecular formula is C22H29N3O2. The normalized spacial score (nSPS) is 29.5. The number of nitrogens with zero attached hydrogens (tertiary/aromatic N) is 3. The number of hydrogen-bond acceptors (Lipinski definition) is 3. The molecule has 2 aromatic rings. The zero-order chi connectivity index (χ0) is 19.0. The average molecular weight is 367 g/mol. The van der Waals surface area contributed by atoms with Crippen molar-refractivity contribution in [2.24, 2.45) is 24.3 Å². The topological polar surface area (TPSA) is 58.4 Å². The first-order valence-corrected chi connectivity index (χ1v) is 10.2. The molecule has 1 spiro atoms. The lowest BCUT2D eigenvalue weighted by Crippen LogP contribution is -2.66. The number of hydrogen-bond donors (Lipinski definition) is 1. The van der Waals surface area contributed by atoms with E-state index in [1.54, 1.807) is 0 Å². The Morgan fingerprint density at radius 2 is 1.96 bits per heavy atom. The van der Waals surface area contributed by atoms with E-state index in [-0.39, 0.29) is 11.8 Å². The Morgan fingerprint density at radius 1 is 1.26 bits per heavy atom. The van der Waals surface area contributed by atoms with Crippen LogP contribution in [0.2, 0.25) is 0 Å². The van der Waals surface area contributed by atoms with Crippen LogP contribution in [0, 0.1) is 24.2 Å². The number of aliphatic hydroxyl groups is 1. The molecular weight excluding hydrogens is 338 g/mol. The fraction of sp³-hybridized carbons (Fsp3) is 0.636. The van der Waals surface area contributed by atoms with Crippen molar-refractivity contribution < 1.29 is 9.90 Å². The minimum absolute atomic E-state index is 0.0536. The third-order valence-electron chi connectivity index (χ3n) is 7.20. The predicted octanol–water partition coefficient (Wildman–Crippen LogP) is 2.82. The van der Waals surface area contributed by atoms with E-state index >= 15 is 0 Å². The number of rotatable bonds is 3. The number of aromatic nitrogens is 2. The van der Waals surface area contributed by atoms with Gasteiger partial charge in [-0.3, -0.25) is 4.79 Å². The molecule has 0 radical (unpaired) electrons. The minimum Gasteiger partial charge on any atom is -0.390 e. The molecule has 0 atom stereocenters. The van der Waals surface area contributed by atoms with Gasteiger partial charge in [-0.05, 0) is 70.1 Å². The Labute approximate surface area is 160 Å². The van der Waals surface area contributed by atoms with Crippen molar-refractivity contribution in [3.63, 3.8) is 0 Å². The van der Waals surface area contributed by atoms with Crippen LogP contribution in [-0.4, -0.2) is 44.2 Å². The number of likely N-dealkylation sites (tertiary alicyclic amines) is 1. The van der Waals surface area contributed by atoms with E-state index in [1.165, 1.54) is 29.6 Å². The molecule has 1 amide bonds. The number of aryl methyl sites for hydroxylation is 2.